The molecule has 0 aliphatic carbocycles. The van der Waals surface area contributed by atoms with Crippen molar-refractivity contribution in [2.75, 3.05) is 19.0 Å². The highest BCUT2D eigenvalue weighted by atomic mass is 16.5. The molecule has 29 heavy (non-hydrogen) atoms. The second kappa shape index (κ2) is 8.34. The lowest BCUT2D eigenvalue weighted by molar-refractivity contribution is -0.114. The van der Waals surface area contributed by atoms with Crippen molar-refractivity contribution in [3.63, 3.8) is 0 Å². The summed E-state index contributed by atoms with van der Waals surface area (Å²) in [5.74, 6) is 0.0377. The first-order valence-corrected chi connectivity index (χ1v) is 9.52. The predicted molar refractivity (Wildman–Crippen MR) is 108 cm³/mol. The van der Waals surface area contributed by atoms with Gasteiger partial charge in [-0.25, -0.2) is 0 Å². The number of hydrogen-bond acceptors (Lipinski definition) is 5. The maximum absolute atomic E-state index is 13.2. The fourth-order valence-electron chi connectivity index (χ4n) is 3.62. The first-order chi connectivity index (χ1) is 13.9. The van der Waals surface area contributed by atoms with Crippen LogP contribution in [-0.4, -0.2) is 36.3 Å². The van der Waals surface area contributed by atoms with Gasteiger partial charge < -0.3 is 14.8 Å². The third kappa shape index (κ3) is 3.68. The minimum atomic E-state index is -0.474. The maximum atomic E-state index is 13.2. The van der Waals surface area contributed by atoms with Gasteiger partial charge in [-0.3, -0.25) is 19.3 Å². The van der Waals surface area contributed by atoms with E-state index in [1.165, 1.54) is 11.8 Å². The van der Waals surface area contributed by atoms with Crippen LogP contribution in [0.25, 0.3) is 0 Å². The van der Waals surface area contributed by atoms with E-state index in [2.05, 4.69) is 5.32 Å². The molecule has 1 N–H and O–H groups in total. The van der Waals surface area contributed by atoms with Crippen LogP contribution in [0.5, 0.6) is 11.5 Å². The van der Waals surface area contributed by atoms with Crippen LogP contribution in [0.4, 0.5) is 5.69 Å². The average Bonchev–Trinajstić information content (AvgIpc) is 2.95. The van der Waals surface area contributed by atoms with E-state index in [0.717, 1.165) is 5.56 Å². The number of carbonyl (C=O) groups excluding carboxylic acids is 3. The van der Waals surface area contributed by atoms with E-state index in [1.807, 2.05) is 19.9 Å². The molecule has 1 aliphatic rings. The van der Waals surface area contributed by atoms with Gasteiger partial charge in [0.2, 0.25) is 5.91 Å². The number of benzene rings is 2. The molecule has 152 valence electrons. The van der Waals surface area contributed by atoms with Crippen LogP contribution < -0.4 is 14.8 Å². The van der Waals surface area contributed by atoms with Crippen LogP contribution in [0.15, 0.2) is 36.4 Å². The first kappa shape index (κ1) is 20.4. The SMILES string of the molecule is CCOc1cc(C(CC)N2C(=O)c3cccc(NC(C)=O)c3C2=O)ccc1OC. The summed E-state index contributed by atoms with van der Waals surface area (Å²) in [6.45, 7) is 5.61. The van der Waals surface area contributed by atoms with Crippen molar-refractivity contribution in [1.82, 2.24) is 4.90 Å². The van der Waals surface area contributed by atoms with E-state index in [0.29, 0.717) is 35.8 Å². The van der Waals surface area contributed by atoms with Crippen LogP contribution in [-0.2, 0) is 4.79 Å². The lowest BCUT2D eigenvalue weighted by atomic mass is 10.0. The smallest absolute Gasteiger partial charge is 0.264 e. The number of carbonyl (C=O) groups is 3. The van der Waals surface area contributed by atoms with E-state index in [4.69, 9.17) is 9.47 Å². The Morgan fingerprint density at radius 3 is 2.48 bits per heavy atom. The third-order valence-corrected chi connectivity index (χ3v) is 4.83. The Morgan fingerprint density at radius 2 is 1.86 bits per heavy atom. The molecule has 0 saturated carbocycles. The third-order valence-electron chi connectivity index (χ3n) is 4.83. The lowest BCUT2D eigenvalue weighted by Crippen LogP contribution is -2.34. The van der Waals surface area contributed by atoms with Gasteiger partial charge in [0.1, 0.15) is 0 Å². The van der Waals surface area contributed by atoms with E-state index in [9.17, 15) is 14.4 Å². The molecule has 3 rings (SSSR count). The number of anilines is 1. The molecule has 0 aromatic heterocycles. The minimum absolute atomic E-state index is 0.227. The van der Waals surface area contributed by atoms with Crippen molar-refractivity contribution in [3.8, 4) is 11.5 Å². The summed E-state index contributed by atoms with van der Waals surface area (Å²) in [4.78, 5) is 39.1. The Labute approximate surface area is 169 Å². The molecule has 1 heterocycles. The molecule has 2 aromatic rings. The summed E-state index contributed by atoms with van der Waals surface area (Å²) < 4.78 is 11.0. The molecule has 0 fully saturated rings. The molecule has 0 saturated heterocycles. The van der Waals surface area contributed by atoms with Crippen molar-refractivity contribution >= 4 is 23.4 Å². The van der Waals surface area contributed by atoms with Crippen molar-refractivity contribution in [2.24, 2.45) is 0 Å². The molecule has 0 bridgehead atoms. The molecule has 7 heteroatoms. The van der Waals surface area contributed by atoms with Gasteiger partial charge in [0.25, 0.3) is 11.8 Å². The zero-order valence-corrected chi connectivity index (χ0v) is 16.9. The number of amides is 3. The molecule has 1 atom stereocenters. The zero-order valence-electron chi connectivity index (χ0n) is 16.9. The number of hydrogen-bond donors (Lipinski definition) is 1. The van der Waals surface area contributed by atoms with Crippen molar-refractivity contribution in [3.05, 3.63) is 53.1 Å². The molecule has 1 aliphatic heterocycles. The molecule has 7 nitrogen and oxygen atoms in total. The second-order valence-electron chi connectivity index (χ2n) is 6.66. The highest BCUT2D eigenvalue weighted by Crippen LogP contribution is 2.39. The zero-order chi connectivity index (χ0) is 21.1. The molecule has 0 radical (unpaired) electrons. The Morgan fingerprint density at radius 1 is 1.10 bits per heavy atom. The quantitative estimate of drug-likeness (QED) is 0.720. The normalized spacial score (nSPS) is 13.9. The van der Waals surface area contributed by atoms with E-state index in [-0.39, 0.29) is 17.4 Å². The lowest BCUT2D eigenvalue weighted by Gasteiger charge is -2.26. The van der Waals surface area contributed by atoms with E-state index in [1.54, 1.807) is 37.4 Å². The molecule has 0 spiro atoms. The molecular weight excluding hydrogens is 372 g/mol. The Kier molecular flexibility index (Phi) is 5.87. The van der Waals surface area contributed by atoms with Crippen LogP contribution in [0, 0.1) is 0 Å². The molecule has 1 unspecified atom stereocenters. The van der Waals surface area contributed by atoms with Crippen LogP contribution in [0.1, 0.15) is 59.5 Å². The highest BCUT2D eigenvalue weighted by molar-refractivity contribution is 6.24. The van der Waals surface area contributed by atoms with Gasteiger partial charge >= 0.3 is 0 Å². The summed E-state index contributed by atoms with van der Waals surface area (Å²) >= 11 is 0. The van der Waals surface area contributed by atoms with Gasteiger partial charge in [0.15, 0.2) is 11.5 Å². The molecule has 2 aromatic carbocycles. The Balaban J connectivity index is 2.03. The summed E-state index contributed by atoms with van der Waals surface area (Å²) in [7, 11) is 1.56. The fourth-order valence-corrected chi connectivity index (χ4v) is 3.62. The Hall–Kier alpha value is -3.35. The monoisotopic (exact) mass is 396 g/mol. The van der Waals surface area contributed by atoms with Crippen molar-refractivity contribution in [1.29, 1.82) is 0 Å². The molecule has 3 amide bonds. The largest absolute Gasteiger partial charge is 0.493 e. The summed E-state index contributed by atoms with van der Waals surface area (Å²) in [6.07, 6.45) is 0.527. The first-order valence-electron chi connectivity index (χ1n) is 9.52. The average molecular weight is 396 g/mol. The summed E-state index contributed by atoms with van der Waals surface area (Å²) in [5.41, 5.74) is 1.63. The van der Waals surface area contributed by atoms with Gasteiger partial charge in [0.05, 0.1) is 36.6 Å². The van der Waals surface area contributed by atoms with Gasteiger partial charge in [-0.2, -0.15) is 0 Å². The minimum Gasteiger partial charge on any atom is -0.493 e. The summed E-state index contributed by atoms with van der Waals surface area (Å²) in [5, 5.41) is 2.64. The van der Waals surface area contributed by atoms with Gasteiger partial charge in [-0.1, -0.05) is 19.1 Å². The summed E-state index contributed by atoms with van der Waals surface area (Å²) in [6, 6.07) is 9.80. The maximum Gasteiger partial charge on any atom is 0.264 e. The van der Waals surface area contributed by atoms with E-state index < -0.39 is 11.9 Å². The highest BCUT2D eigenvalue weighted by Gasteiger charge is 2.41. The number of ether oxygens (including phenoxy) is 2. The van der Waals surface area contributed by atoms with Crippen LogP contribution >= 0.6 is 0 Å². The van der Waals surface area contributed by atoms with Crippen LogP contribution in [0.2, 0.25) is 0 Å². The standard InChI is InChI=1S/C22H24N2O5/c1-5-17(14-10-11-18(28-4)19(12-14)29-6-2)24-21(26)15-8-7-9-16(23-13(3)25)20(15)22(24)27/h7-12,17H,5-6H2,1-4H3,(H,23,25). The topological polar surface area (TPSA) is 84.9 Å². The van der Waals surface area contributed by atoms with Crippen molar-refractivity contribution < 1.29 is 23.9 Å². The van der Waals surface area contributed by atoms with Crippen molar-refractivity contribution in [2.45, 2.75) is 33.2 Å². The van der Waals surface area contributed by atoms with Gasteiger partial charge in [-0.05, 0) is 43.2 Å². The van der Waals surface area contributed by atoms with E-state index >= 15 is 0 Å². The number of nitrogens with zero attached hydrogens (tertiary/aromatic N) is 1. The second-order valence-corrected chi connectivity index (χ2v) is 6.66. The fraction of sp³-hybridized carbons (Fsp3) is 0.318. The Bertz CT molecular complexity index is 970. The number of fused-ring (bicyclic) bond motifs is 1. The number of rotatable bonds is 7. The number of imide groups is 1. The van der Waals surface area contributed by atoms with Gasteiger partial charge in [0, 0.05) is 6.92 Å². The van der Waals surface area contributed by atoms with Gasteiger partial charge in [-0.15, -0.1) is 0 Å². The number of methoxy groups -OCH3 is 1. The predicted octanol–water partition coefficient (Wildman–Crippen LogP) is 3.80. The van der Waals surface area contributed by atoms with Crippen LogP contribution in [0.3, 0.4) is 0 Å². The molecular formula is C22H24N2O5. The number of nitrogens with one attached hydrogen (secondary N) is 1.